The third-order valence-electron chi connectivity index (χ3n) is 3.73. The highest BCUT2D eigenvalue weighted by Gasteiger charge is 2.36. The Morgan fingerprint density at radius 3 is 2.52 bits per heavy atom. The molecule has 4 heteroatoms. The van der Waals surface area contributed by atoms with E-state index >= 15 is 0 Å². The van der Waals surface area contributed by atoms with E-state index in [1.165, 1.54) is 5.56 Å². The molecule has 2 aromatic carbocycles. The second-order valence-electron chi connectivity index (χ2n) is 5.34. The van der Waals surface area contributed by atoms with E-state index in [1.807, 2.05) is 30.3 Å². The normalized spacial score (nSPS) is 23.1. The Labute approximate surface area is 129 Å². The third kappa shape index (κ3) is 3.44. The van der Waals surface area contributed by atoms with Crippen LogP contribution in [0.15, 0.2) is 54.6 Å². The van der Waals surface area contributed by atoms with Crippen LogP contribution in [0, 0.1) is 0 Å². The van der Waals surface area contributed by atoms with E-state index in [4.69, 9.17) is 16.3 Å². The summed E-state index contributed by atoms with van der Waals surface area (Å²) in [4.78, 5) is 2.20. The van der Waals surface area contributed by atoms with Crippen molar-refractivity contribution >= 4 is 11.6 Å². The Balaban J connectivity index is 1.74. The maximum Gasteiger partial charge on any atom is 0.205 e. The molecular weight excluding hydrogens is 286 g/mol. The second-order valence-corrected chi connectivity index (χ2v) is 5.77. The molecule has 1 aliphatic rings. The highest BCUT2D eigenvalue weighted by Crippen LogP contribution is 2.28. The first kappa shape index (κ1) is 14.5. The van der Waals surface area contributed by atoms with Crippen LogP contribution in [0.3, 0.4) is 0 Å². The maximum atomic E-state index is 10.8. The molecule has 1 N–H and O–H groups in total. The van der Waals surface area contributed by atoms with E-state index in [0.717, 1.165) is 18.7 Å². The van der Waals surface area contributed by atoms with Gasteiger partial charge in [-0.25, -0.2) is 0 Å². The zero-order chi connectivity index (χ0) is 14.7. The number of morpholine rings is 1. The zero-order valence-corrected chi connectivity index (χ0v) is 12.5. The molecule has 3 rings (SSSR count). The van der Waals surface area contributed by atoms with Crippen LogP contribution < -0.4 is 0 Å². The Bertz CT molecular complexity index is 587. The fourth-order valence-corrected chi connectivity index (χ4v) is 2.76. The van der Waals surface area contributed by atoms with Gasteiger partial charge in [0.2, 0.25) is 5.79 Å². The van der Waals surface area contributed by atoms with Gasteiger partial charge in [0.15, 0.2) is 0 Å². The SMILES string of the molecule is OC1(c2ccc(Cl)cc2)CN(Cc2ccccc2)CCO1. The van der Waals surface area contributed by atoms with Crippen LogP contribution in [-0.2, 0) is 17.1 Å². The predicted molar refractivity (Wildman–Crippen MR) is 83.0 cm³/mol. The molecule has 1 saturated heterocycles. The van der Waals surface area contributed by atoms with Gasteiger partial charge in [-0.3, -0.25) is 4.90 Å². The van der Waals surface area contributed by atoms with Crippen molar-refractivity contribution in [3.63, 3.8) is 0 Å². The molecule has 1 unspecified atom stereocenters. The summed E-state index contributed by atoms with van der Waals surface area (Å²) in [5.41, 5.74) is 1.97. The van der Waals surface area contributed by atoms with E-state index < -0.39 is 5.79 Å². The minimum atomic E-state index is -1.27. The molecule has 0 spiro atoms. The van der Waals surface area contributed by atoms with Gasteiger partial charge >= 0.3 is 0 Å². The molecule has 0 aliphatic carbocycles. The van der Waals surface area contributed by atoms with Gasteiger partial charge in [-0.05, 0) is 17.7 Å². The highest BCUT2D eigenvalue weighted by molar-refractivity contribution is 6.30. The molecule has 1 aliphatic heterocycles. The monoisotopic (exact) mass is 303 g/mol. The number of β-amino-alcohol motifs (C(OH)–C–C–N with tert-alkyl or cyclic N) is 1. The second kappa shape index (κ2) is 6.16. The number of aliphatic hydroxyl groups is 1. The summed E-state index contributed by atoms with van der Waals surface area (Å²) in [6, 6.07) is 17.4. The zero-order valence-electron chi connectivity index (χ0n) is 11.7. The van der Waals surface area contributed by atoms with Crippen LogP contribution in [0.25, 0.3) is 0 Å². The van der Waals surface area contributed by atoms with Gasteiger partial charge in [0.25, 0.3) is 0 Å². The van der Waals surface area contributed by atoms with Crippen molar-refractivity contribution in [1.82, 2.24) is 4.90 Å². The van der Waals surface area contributed by atoms with E-state index in [0.29, 0.717) is 18.2 Å². The smallest absolute Gasteiger partial charge is 0.205 e. The molecule has 3 nitrogen and oxygen atoms in total. The van der Waals surface area contributed by atoms with E-state index in [9.17, 15) is 5.11 Å². The van der Waals surface area contributed by atoms with Crippen LogP contribution in [0.2, 0.25) is 5.02 Å². The molecule has 1 fully saturated rings. The lowest BCUT2D eigenvalue weighted by Gasteiger charge is -2.39. The minimum Gasteiger partial charge on any atom is -0.361 e. The molecule has 0 radical (unpaired) electrons. The van der Waals surface area contributed by atoms with Crippen molar-refractivity contribution in [2.24, 2.45) is 0 Å². The van der Waals surface area contributed by atoms with Crippen LogP contribution >= 0.6 is 11.6 Å². The lowest BCUT2D eigenvalue weighted by molar-refractivity contribution is -0.249. The van der Waals surface area contributed by atoms with Crippen molar-refractivity contribution in [2.45, 2.75) is 12.3 Å². The summed E-state index contributed by atoms with van der Waals surface area (Å²) < 4.78 is 5.63. The molecule has 0 amide bonds. The van der Waals surface area contributed by atoms with Crippen LogP contribution in [0.5, 0.6) is 0 Å². The number of halogens is 1. The molecule has 1 heterocycles. The Kier molecular flexibility index (Phi) is 4.27. The van der Waals surface area contributed by atoms with Crippen molar-refractivity contribution in [3.8, 4) is 0 Å². The topological polar surface area (TPSA) is 32.7 Å². The van der Waals surface area contributed by atoms with Crippen molar-refractivity contribution in [2.75, 3.05) is 19.7 Å². The van der Waals surface area contributed by atoms with Crippen molar-refractivity contribution in [3.05, 3.63) is 70.7 Å². The lowest BCUT2D eigenvalue weighted by atomic mass is 10.0. The first-order chi connectivity index (χ1) is 10.2. The number of rotatable bonds is 3. The number of hydrogen-bond acceptors (Lipinski definition) is 3. The Morgan fingerprint density at radius 1 is 1.10 bits per heavy atom. The first-order valence-corrected chi connectivity index (χ1v) is 7.42. The number of benzene rings is 2. The van der Waals surface area contributed by atoms with Crippen molar-refractivity contribution in [1.29, 1.82) is 0 Å². The Hall–Kier alpha value is -1.39. The number of ether oxygens (including phenoxy) is 1. The van der Waals surface area contributed by atoms with Crippen molar-refractivity contribution < 1.29 is 9.84 Å². The summed E-state index contributed by atoms with van der Waals surface area (Å²) in [7, 11) is 0. The maximum absolute atomic E-state index is 10.8. The Morgan fingerprint density at radius 2 is 1.81 bits per heavy atom. The fraction of sp³-hybridized carbons (Fsp3) is 0.294. The van der Waals surface area contributed by atoms with Gasteiger partial charge in [-0.1, -0.05) is 54.1 Å². The quantitative estimate of drug-likeness (QED) is 0.946. The van der Waals surface area contributed by atoms with Crippen LogP contribution in [-0.4, -0.2) is 29.7 Å². The number of hydrogen-bond donors (Lipinski definition) is 1. The van der Waals surface area contributed by atoms with Crippen LogP contribution in [0.4, 0.5) is 0 Å². The van der Waals surface area contributed by atoms with Gasteiger partial charge in [0.1, 0.15) is 0 Å². The van der Waals surface area contributed by atoms with Gasteiger partial charge in [0, 0.05) is 23.7 Å². The van der Waals surface area contributed by atoms with Crippen LogP contribution in [0.1, 0.15) is 11.1 Å². The molecular formula is C17H18ClNO2. The van der Waals surface area contributed by atoms with Gasteiger partial charge in [-0.2, -0.15) is 0 Å². The van der Waals surface area contributed by atoms with Gasteiger partial charge in [-0.15, -0.1) is 0 Å². The van der Waals surface area contributed by atoms with E-state index in [1.54, 1.807) is 12.1 Å². The first-order valence-electron chi connectivity index (χ1n) is 7.04. The third-order valence-corrected chi connectivity index (χ3v) is 3.98. The molecule has 21 heavy (non-hydrogen) atoms. The summed E-state index contributed by atoms with van der Waals surface area (Å²) >= 11 is 5.90. The molecule has 110 valence electrons. The van der Waals surface area contributed by atoms with E-state index in [-0.39, 0.29) is 0 Å². The molecule has 0 saturated carbocycles. The predicted octanol–water partition coefficient (Wildman–Crippen LogP) is 3.02. The summed E-state index contributed by atoms with van der Waals surface area (Å²) in [5.74, 6) is -1.27. The highest BCUT2D eigenvalue weighted by atomic mass is 35.5. The molecule has 0 aromatic heterocycles. The fourth-order valence-electron chi connectivity index (χ4n) is 2.63. The number of nitrogens with zero attached hydrogens (tertiary/aromatic N) is 1. The molecule has 0 bridgehead atoms. The minimum absolute atomic E-state index is 0.448. The summed E-state index contributed by atoms with van der Waals surface area (Å²) in [5, 5.41) is 11.4. The molecule has 2 aromatic rings. The standard InChI is InChI=1S/C17H18ClNO2/c18-16-8-6-15(7-9-16)17(20)13-19(10-11-21-17)12-14-4-2-1-3-5-14/h1-9,20H,10-13H2. The van der Waals surface area contributed by atoms with E-state index in [2.05, 4.69) is 17.0 Å². The largest absolute Gasteiger partial charge is 0.361 e. The summed E-state index contributed by atoms with van der Waals surface area (Å²) in [6.45, 7) is 2.57. The van der Waals surface area contributed by atoms with Gasteiger partial charge < -0.3 is 9.84 Å². The van der Waals surface area contributed by atoms with Gasteiger partial charge in [0.05, 0.1) is 13.2 Å². The average molecular weight is 304 g/mol. The lowest BCUT2D eigenvalue weighted by Crippen LogP contribution is -2.49. The molecule has 1 atom stereocenters. The average Bonchev–Trinajstić information content (AvgIpc) is 2.49. The summed E-state index contributed by atoms with van der Waals surface area (Å²) in [6.07, 6.45) is 0.